The molecule has 33 heavy (non-hydrogen) atoms. The number of aromatic nitrogens is 2. The van der Waals surface area contributed by atoms with Crippen molar-refractivity contribution in [3.8, 4) is 0 Å². The van der Waals surface area contributed by atoms with Crippen LogP contribution in [0.3, 0.4) is 0 Å². The van der Waals surface area contributed by atoms with Gasteiger partial charge in [0.1, 0.15) is 0 Å². The summed E-state index contributed by atoms with van der Waals surface area (Å²) in [5, 5.41) is 7.00. The van der Waals surface area contributed by atoms with Crippen molar-refractivity contribution in [3.05, 3.63) is 52.3 Å². The number of rotatable bonds is 5. The van der Waals surface area contributed by atoms with Crippen molar-refractivity contribution in [2.45, 2.75) is 45.3 Å². The van der Waals surface area contributed by atoms with Crippen LogP contribution in [0.15, 0.2) is 24.3 Å². The molecule has 1 N–H and O–H groups in total. The lowest BCUT2D eigenvalue weighted by atomic mass is 9.89. The van der Waals surface area contributed by atoms with Crippen LogP contribution in [0.4, 0.5) is 13.2 Å². The average Bonchev–Trinajstić information content (AvgIpc) is 3.22. The molecule has 3 heterocycles. The largest absolute Gasteiger partial charge is 0.416 e. The van der Waals surface area contributed by atoms with Crippen LogP contribution in [-0.4, -0.2) is 59.1 Å². The molecule has 0 aliphatic carbocycles. The Balaban J connectivity index is 1.47. The molecular formula is C22H27F3N4O3S. The lowest BCUT2D eigenvalue weighted by molar-refractivity contribution is -0.138. The number of nitrogens with zero attached hydrogens (tertiary/aromatic N) is 3. The molecule has 1 aromatic heterocycles. The number of alkyl halides is 3. The van der Waals surface area contributed by atoms with Gasteiger partial charge in [-0.2, -0.15) is 22.6 Å². The minimum Gasteiger partial charge on any atom is -0.337 e. The third-order valence-electron chi connectivity index (χ3n) is 6.50. The molecule has 11 heteroatoms. The third kappa shape index (κ3) is 4.93. The van der Waals surface area contributed by atoms with Crippen molar-refractivity contribution in [1.82, 2.24) is 19.4 Å². The molecule has 7 nitrogen and oxygen atoms in total. The topological polar surface area (TPSA) is 86.4 Å². The van der Waals surface area contributed by atoms with E-state index in [1.165, 1.54) is 16.4 Å². The highest BCUT2D eigenvalue weighted by Crippen LogP contribution is 2.34. The molecule has 2 aliphatic heterocycles. The molecule has 1 saturated heterocycles. The number of carbonyl (C=O) groups excluding carboxylic acids is 1. The summed E-state index contributed by atoms with van der Waals surface area (Å²) < 4.78 is 65.8. The molecular weight excluding hydrogens is 457 g/mol. The van der Waals surface area contributed by atoms with Gasteiger partial charge >= 0.3 is 6.18 Å². The summed E-state index contributed by atoms with van der Waals surface area (Å²) in [6.45, 7) is 2.92. The summed E-state index contributed by atoms with van der Waals surface area (Å²) >= 11 is 0. The first kappa shape index (κ1) is 23.7. The van der Waals surface area contributed by atoms with E-state index in [1.807, 2.05) is 0 Å². The SMILES string of the molecule is CCS(=O)(=O)N1CCc2c(C(=O)N3CCCC(Cc4ccccc4C(F)(F)F)C3)n[nH]c2C1. The van der Waals surface area contributed by atoms with Gasteiger partial charge in [-0.15, -0.1) is 0 Å². The van der Waals surface area contributed by atoms with E-state index in [4.69, 9.17) is 0 Å². The fourth-order valence-electron chi connectivity index (χ4n) is 4.74. The molecule has 0 saturated carbocycles. The van der Waals surface area contributed by atoms with Crippen LogP contribution < -0.4 is 0 Å². The van der Waals surface area contributed by atoms with Crippen LogP contribution in [-0.2, 0) is 35.6 Å². The van der Waals surface area contributed by atoms with E-state index in [0.29, 0.717) is 38.2 Å². The van der Waals surface area contributed by atoms with Crippen molar-refractivity contribution >= 4 is 15.9 Å². The smallest absolute Gasteiger partial charge is 0.337 e. The van der Waals surface area contributed by atoms with E-state index >= 15 is 0 Å². The number of likely N-dealkylation sites (tertiary alicyclic amines) is 1. The van der Waals surface area contributed by atoms with Crippen LogP contribution in [0.25, 0.3) is 0 Å². The second-order valence-corrected chi connectivity index (χ2v) is 10.9. The van der Waals surface area contributed by atoms with E-state index in [-0.39, 0.29) is 41.8 Å². The lowest BCUT2D eigenvalue weighted by Crippen LogP contribution is -2.41. The van der Waals surface area contributed by atoms with Gasteiger partial charge in [0.25, 0.3) is 5.91 Å². The predicted octanol–water partition coefficient (Wildman–Crippen LogP) is 3.23. The quantitative estimate of drug-likeness (QED) is 0.706. The summed E-state index contributed by atoms with van der Waals surface area (Å²) in [4.78, 5) is 14.9. The molecule has 1 unspecified atom stereocenters. The normalized spacial score (nSPS) is 20.0. The maximum atomic E-state index is 13.4. The van der Waals surface area contributed by atoms with Gasteiger partial charge in [-0.05, 0) is 50.2 Å². The van der Waals surface area contributed by atoms with Crippen molar-refractivity contribution in [3.63, 3.8) is 0 Å². The van der Waals surface area contributed by atoms with Gasteiger partial charge in [0.2, 0.25) is 10.0 Å². The number of carbonyl (C=O) groups is 1. The van der Waals surface area contributed by atoms with E-state index in [1.54, 1.807) is 17.9 Å². The molecule has 0 radical (unpaired) electrons. The number of sulfonamides is 1. The highest BCUT2D eigenvalue weighted by atomic mass is 32.2. The number of piperidine rings is 1. The average molecular weight is 485 g/mol. The van der Waals surface area contributed by atoms with Crippen LogP contribution in [0.1, 0.15) is 52.6 Å². The van der Waals surface area contributed by atoms with Crippen LogP contribution in [0, 0.1) is 5.92 Å². The fourth-order valence-corrected chi connectivity index (χ4v) is 5.80. The Kier molecular flexibility index (Phi) is 6.54. The first-order chi connectivity index (χ1) is 15.6. The van der Waals surface area contributed by atoms with Gasteiger partial charge < -0.3 is 4.90 Å². The molecule has 2 aromatic rings. The second-order valence-electron chi connectivity index (χ2n) is 8.63. The summed E-state index contributed by atoms with van der Waals surface area (Å²) in [6.07, 6.45) is -2.31. The van der Waals surface area contributed by atoms with Crippen molar-refractivity contribution in [1.29, 1.82) is 0 Å². The number of benzene rings is 1. The molecule has 2 aliphatic rings. The van der Waals surface area contributed by atoms with E-state index < -0.39 is 21.8 Å². The number of hydrogen-bond donors (Lipinski definition) is 1. The summed E-state index contributed by atoms with van der Waals surface area (Å²) in [7, 11) is -3.34. The van der Waals surface area contributed by atoms with E-state index in [9.17, 15) is 26.4 Å². The highest BCUT2D eigenvalue weighted by molar-refractivity contribution is 7.89. The van der Waals surface area contributed by atoms with Gasteiger partial charge in [-0.1, -0.05) is 18.2 Å². The molecule has 4 rings (SSSR count). The number of hydrogen-bond acceptors (Lipinski definition) is 4. The Hall–Kier alpha value is -2.40. The van der Waals surface area contributed by atoms with Crippen molar-refractivity contribution < 1.29 is 26.4 Å². The van der Waals surface area contributed by atoms with Gasteiger partial charge in [0, 0.05) is 25.2 Å². The maximum Gasteiger partial charge on any atom is 0.416 e. The number of aromatic amines is 1. The highest BCUT2D eigenvalue weighted by Gasteiger charge is 2.35. The van der Waals surface area contributed by atoms with Gasteiger partial charge in [-0.25, -0.2) is 8.42 Å². The second kappa shape index (κ2) is 9.09. The Morgan fingerprint density at radius 3 is 2.73 bits per heavy atom. The fraction of sp³-hybridized carbons (Fsp3) is 0.545. The number of fused-ring (bicyclic) bond motifs is 1. The molecule has 0 bridgehead atoms. The Morgan fingerprint density at radius 1 is 1.24 bits per heavy atom. The minimum absolute atomic E-state index is 0.00882. The number of halogens is 3. The van der Waals surface area contributed by atoms with Gasteiger partial charge in [0.05, 0.1) is 23.6 Å². The molecule has 0 spiro atoms. The minimum atomic E-state index is -4.41. The predicted molar refractivity (Wildman–Crippen MR) is 116 cm³/mol. The standard InChI is InChI=1S/C22H27F3N4O3S/c1-2-33(31,32)29-11-9-17-19(14-29)26-27-20(17)21(30)28-10-5-6-15(13-28)12-16-7-3-4-8-18(16)22(23,24)25/h3-4,7-8,15H,2,5-6,9-14H2,1H3,(H,26,27). The van der Waals surface area contributed by atoms with E-state index in [0.717, 1.165) is 18.1 Å². The van der Waals surface area contributed by atoms with Crippen LogP contribution in [0.2, 0.25) is 0 Å². The Labute approximate surface area is 191 Å². The third-order valence-corrected chi connectivity index (χ3v) is 8.32. The van der Waals surface area contributed by atoms with Crippen molar-refractivity contribution in [2.24, 2.45) is 5.92 Å². The Morgan fingerprint density at radius 2 is 2.00 bits per heavy atom. The lowest BCUT2D eigenvalue weighted by Gasteiger charge is -2.33. The van der Waals surface area contributed by atoms with Crippen LogP contribution >= 0.6 is 0 Å². The maximum absolute atomic E-state index is 13.4. The Bertz CT molecular complexity index is 1130. The number of nitrogens with one attached hydrogen (secondary N) is 1. The molecule has 1 aromatic carbocycles. The molecule has 180 valence electrons. The first-order valence-corrected chi connectivity index (χ1v) is 12.7. The van der Waals surface area contributed by atoms with Crippen LogP contribution in [0.5, 0.6) is 0 Å². The summed E-state index contributed by atoms with van der Waals surface area (Å²) in [5.74, 6) is -0.325. The molecule has 1 amide bonds. The molecule has 1 atom stereocenters. The first-order valence-electron chi connectivity index (χ1n) is 11.1. The monoisotopic (exact) mass is 484 g/mol. The number of H-pyrrole nitrogens is 1. The van der Waals surface area contributed by atoms with Gasteiger partial charge in [0.15, 0.2) is 5.69 Å². The van der Waals surface area contributed by atoms with E-state index in [2.05, 4.69) is 10.2 Å². The summed E-state index contributed by atoms with van der Waals surface area (Å²) in [5.41, 5.74) is 1.26. The zero-order valence-electron chi connectivity index (χ0n) is 18.4. The molecule has 1 fully saturated rings. The van der Waals surface area contributed by atoms with Gasteiger partial charge in [-0.3, -0.25) is 9.89 Å². The summed E-state index contributed by atoms with van der Waals surface area (Å²) in [6, 6.07) is 5.59. The zero-order valence-corrected chi connectivity index (χ0v) is 19.2. The number of amides is 1. The zero-order chi connectivity index (χ0) is 23.8. The van der Waals surface area contributed by atoms with Crippen molar-refractivity contribution in [2.75, 3.05) is 25.4 Å².